The molecule has 2 fully saturated rings. The number of thiophene rings is 1. The van der Waals surface area contributed by atoms with Crippen molar-refractivity contribution in [2.75, 3.05) is 20.2 Å². The summed E-state index contributed by atoms with van der Waals surface area (Å²) < 4.78 is 32.4. The second-order valence-corrected chi connectivity index (χ2v) is 10.2. The summed E-state index contributed by atoms with van der Waals surface area (Å²) in [6, 6.07) is 10.5. The Balaban J connectivity index is 1.41. The molecule has 1 saturated heterocycles. The molecule has 3 atom stereocenters. The molecule has 1 amide bonds. The average molecular weight is 407 g/mol. The van der Waals surface area contributed by atoms with Crippen LogP contribution in [0.4, 0.5) is 0 Å². The van der Waals surface area contributed by atoms with Gasteiger partial charge in [-0.05, 0) is 49.4 Å². The monoisotopic (exact) mass is 406 g/mol. The molecule has 0 spiro atoms. The number of amides is 1. The van der Waals surface area contributed by atoms with Crippen molar-refractivity contribution in [3.8, 4) is 5.06 Å². The highest BCUT2D eigenvalue weighted by atomic mass is 32.2. The molecule has 8 heteroatoms. The molecule has 27 heavy (non-hydrogen) atoms. The Morgan fingerprint density at radius 2 is 1.93 bits per heavy atom. The van der Waals surface area contributed by atoms with Crippen LogP contribution in [0.2, 0.25) is 0 Å². The lowest BCUT2D eigenvalue weighted by Crippen LogP contribution is -2.51. The van der Waals surface area contributed by atoms with E-state index < -0.39 is 10.0 Å². The van der Waals surface area contributed by atoms with Gasteiger partial charge in [-0.2, -0.15) is 4.31 Å². The number of sulfonamides is 1. The number of benzene rings is 1. The Hall–Kier alpha value is -1.90. The number of hydrogen-bond donors (Lipinski definition) is 1. The molecule has 1 aromatic carbocycles. The van der Waals surface area contributed by atoms with Crippen molar-refractivity contribution < 1.29 is 17.9 Å². The third-order valence-corrected chi connectivity index (χ3v) is 8.40. The standard InChI is InChI=1S/C19H22N2O4S2/c1-12-3-5-14(6-4-12)27(23,24)21-10-13-9-16(15(13)11-21)20-19(22)17-7-8-18(25-2)26-17/h3-8,13,15-16H,9-11H2,1-2H3,(H,20,22)/t13-,15+,16+/m1/s1. The molecule has 0 bridgehead atoms. The van der Waals surface area contributed by atoms with Gasteiger partial charge in [-0.3, -0.25) is 4.79 Å². The van der Waals surface area contributed by atoms with E-state index in [1.54, 1.807) is 35.7 Å². The Bertz CT molecular complexity index is 952. The molecular weight excluding hydrogens is 384 g/mol. The lowest BCUT2D eigenvalue weighted by Gasteiger charge is -2.39. The van der Waals surface area contributed by atoms with Gasteiger partial charge in [0, 0.05) is 19.1 Å². The van der Waals surface area contributed by atoms with Gasteiger partial charge >= 0.3 is 0 Å². The van der Waals surface area contributed by atoms with Gasteiger partial charge in [-0.25, -0.2) is 8.42 Å². The highest BCUT2D eigenvalue weighted by Gasteiger charge is 2.50. The summed E-state index contributed by atoms with van der Waals surface area (Å²) in [4.78, 5) is 13.4. The van der Waals surface area contributed by atoms with Gasteiger partial charge in [0.05, 0.1) is 16.9 Å². The van der Waals surface area contributed by atoms with E-state index in [4.69, 9.17) is 4.74 Å². The second-order valence-electron chi connectivity index (χ2n) is 7.20. The molecule has 1 saturated carbocycles. The van der Waals surface area contributed by atoms with Crippen LogP contribution in [0.1, 0.15) is 21.7 Å². The van der Waals surface area contributed by atoms with Crippen LogP contribution in [0.3, 0.4) is 0 Å². The molecule has 144 valence electrons. The molecule has 0 radical (unpaired) electrons. The van der Waals surface area contributed by atoms with E-state index in [9.17, 15) is 13.2 Å². The quantitative estimate of drug-likeness (QED) is 0.828. The summed E-state index contributed by atoms with van der Waals surface area (Å²) in [5.41, 5.74) is 1.03. The summed E-state index contributed by atoms with van der Waals surface area (Å²) in [7, 11) is -1.90. The topological polar surface area (TPSA) is 75.7 Å². The van der Waals surface area contributed by atoms with Gasteiger partial charge in [0.15, 0.2) is 5.06 Å². The first kappa shape index (κ1) is 18.5. The Labute approximate surface area is 163 Å². The summed E-state index contributed by atoms with van der Waals surface area (Å²) >= 11 is 1.31. The van der Waals surface area contributed by atoms with Crippen LogP contribution < -0.4 is 10.1 Å². The summed E-state index contributed by atoms with van der Waals surface area (Å²) in [5, 5.41) is 3.75. The van der Waals surface area contributed by atoms with Crippen molar-refractivity contribution >= 4 is 27.3 Å². The van der Waals surface area contributed by atoms with Crippen molar-refractivity contribution in [3.05, 3.63) is 46.8 Å². The van der Waals surface area contributed by atoms with Crippen molar-refractivity contribution in [1.82, 2.24) is 9.62 Å². The molecule has 1 aliphatic heterocycles. The molecule has 2 aromatic rings. The highest BCUT2D eigenvalue weighted by Crippen LogP contribution is 2.43. The van der Waals surface area contributed by atoms with Crippen LogP contribution in [0, 0.1) is 18.8 Å². The van der Waals surface area contributed by atoms with Crippen LogP contribution in [-0.4, -0.2) is 44.9 Å². The SMILES string of the molecule is COc1ccc(C(=O)N[C@H]2C[C@@H]3CN(S(=O)(=O)c4ccc(C)cc4)C[C@@H]32)s1. The summed E-state index contributed by atoms with van der Waals surface area (Å²) in [6.45, 7) is 2.92. The van der Waals surface area contributed by atoms with E-state index in [-0.39, 0.29) is 17.9 Å². The van der Waals surface area contributed by atoms with E-state index >= 15 is 0 Å². The van der Waals surface area contributed by atoms with Gasteiger partial charge in [0.2, 0.25) is 10.0 Å². The summed E-state index contributed by atoms with van der Waals surface area (Å²) in [6.07, 6.45) is 0.818. The normalized spacial score (nSPS) is 24.9. The lowest BCUT2D eigenvalue weighted by atomic mass is 9.71. The fourth-order valence-electron chi connectivity index (χ4n) is 3.88. The molecule has 0 unspecified atom stereocenters. The summed E-state index contributed by atoms with van der Waals surface area (Å²) in [5.74, 6) is 0.371. The average Bonchev–Trinajstić information content (AvgIpc) is 3.25. The Morgan fingerprint density at radius 3 is 2.59 bits per heavy atom. The fourth-order valence-corrected chi connectivity index (χ4v) is 6.14. The number of hydrogen-bond acceptors (Lipinski definition) is 5. The van der Waals surface area contributed by atoms with Crippen molar-refractivity contribution in [2.24, 2.45) is 11.8 Å². The van der Waals surface area contributed by atoms with Crippen LogP contribution in [0.15, 0.2) is 41.3 Å². The number of nitrogens with one attached hydrogen (secondary N) is 1. The van der Waals surface area contributed by atoms with E-state index in [1.165, 1.54) is 11.3 Å². The third-order valence-electron chi connectivity index (χ3n) is 5.51. The Morgan fingerprint density at radius 1 is 1.19 bits per heavy atom. The maximum Gasteiger partial charge on any atom is 0.261 e. The van der Waals surface area contributed by atoms with Crippen LogP contribution >= 0.6 is 11.3 Å². The van der Waals surface area contributed by atoms with E-state index in [0.29, 0.717) is 33.8 Å². The second kappa shape index (κ2) is 6.92. The van der Waals surface area contributed by atoms with Crippen LogP contribution in [-0.2, 0) is 10.0 Å². The molecule has 2 aliphatic rings. The first-order valence-electron chi connectivity index (χ1n) is 8.90. The van der Waals surface area contributed by atoms with E-state index in [0.717, 1.165) is 12.0 Å². The zero-order valence-corrected chi connectivity index (χ0v) is 16.8. The molecule has 1 aromatic heterocycles. The number of fused-ring (bicyclic) bond motifs is 1. The first-order chi connectivity index (χ1) is 12.9. The molecule has 1 aliphatic carbocycles. The molecule has 2 heterocycles. The number of carbonyl (C=O) groups is 1. The van der Waals surface area contributed by atoms with Gasteiger partial charge in [0.1, 0.15) is 0 Å². The van der Waals surface area contributed by atoms with Gasteiger partial charge in [-0.1, -0.05) is 29.0 Å². The fraction of sp³-hybridized carbons (Fsp3) is 0.421. The number of rotatable bonds is 5. The maximum absolute atomic E-state index is 12.9. The molecular formula is C19H22N2O4S2. The van der Waals surface area contributed by atoms with Crippen molar-refractivity contribution in [3.63, 3.8) is 0 Å². The lowest BCUT2D eigenvalue weighted by molar-refractivity contribution is 0.0836. The van der Waals surface area contributed by atoms with Gasteiger partial charge in [-0.15, -0.1) is 0 Å². The minimum absolute atomic E-state index is 0.0220. The minimum Gasteiger partial charge on any atom is -0.487 e. The van der Waals surface area contributed by atoms with Crippen LogP contribution in [0.25, 0.3) is 0 Å². The predicted molar refractivity (Wildman–Crippen MR) is 104 cm³/mol. The predicted octanol–water partition coefficient (Wildman–Crippen LogP) is 2.50. The van der Waals surface area contributed by atoms with Crippen LogP contribution in [0.5, 0.6) is 5.06 Å². The Kier molecular flexibility index (Phi) is 4.73. The minimum atomic E-state index is -3.48. The zero-order valence-electron chi connectivity index (χ0n) is 15.2. The van der Waals surface area contributed by atoms with Crippen molar-refractivity contribution in [2.45, 2.75) is 24.3 Å². The van der Waals surface area contributed by atoms with Gasteiger partial charge < -0.3 is 10.1 Å². The smallest absolute Gasteiger partial charge is 0.261 e. The number of carbonyl (C=O) groups excluding carboxylic acids is 1. The number of methoxy groups -OCH3 is 1. The van der Waals surface area contributed by atoms with E-state index in [1.807, 2.05) is 19.1 Å². The largest absolute Gasteiger partial charge is 0.487 e. The molecule has 6 nitrogen and oxygen atoms in total. The maximum atomic E-state index is 12.9. The first-order valence-corrected chi connectivity index (χ1v) is 11.2. The van der Waals surface area contributed by atoms with E-state index in [2.05, 4.69) is 5.32 Å². The molecule has 4 rings (SSSR count). The molecule has 1 N–H and O–H groups in total. The number of nitrogens with zero attached hydrogens (tertiary/aromatic N) is 1. The number of aryl methyl sites for hydroxylation is 1. The zero-order chi connectivity index (χ0) is 19.2. The van der Waals surface area contributed by atoms with Gasteiger partial charge in [0.25, 0.3) is 5.91 Å². The third kappa shape index (κ3) is 3.37. The highest BCUT2D eigenvalue weighted by molar-refractivity contribution is 7.89. The number of ether oxygens (including phenoxy) is 1. The van der Waals surface area contributed by atoms with Crippen molar-refractivity contribution in [1.29, 1.82) is 0 Å².